The largest absolute Gasteiger partial charge is 0.467 e. The molecular weight excluding hydrogens is 184 g/mol. The molecule has 5 nitrogen and oxygen atoms in total. The Balaban J connectivity index is 2.44. The second-order valence-corrected chi connectivity index (χ2v) is 3.73. The minimum absolute atomic E-state index is 0.262. The third-order valence-corrected chi connectivity index (χ3v) is 2.60. The summed E-state index contributed by atoms with van der Waals surface area (Å²) >= 11 is 0. The minimum atomic E-state index is -0.762. The number of amides is 1. The second kappa shape index (κ2) is 3.96. The van der Waals surface area contributed by atoms with Gasteiger partial charge in [-0.05, 0) is 26.2 Å². The van der Waals surface area contributed by atoms with Crippen molar-refractivity contribution in [2.45, 2.75) is 37.8 Å². The van der Waals surface area contributed by atoms with Crippen LogP contribution in [0.5, 0.6) is 0 Å². The van der Waals surface area contributed by atoms with Gasteiger partial charge in [0.2, 0.25) is 5.91 Å². The van der Waals surface area contributed by atoms with Crippen molar-refractivity contribution in [1.29, 1.82) is 0 Å². The zero-order chi connectivity index (χ0) is 10.8. The van der Waals surface area contributed by atoms with E-state index >= 15 is 0 Å². The molecule has 0 saturated heterocycles. The Kier molecular flexibility index (Phi) is 3.10. The smallest absolute Gasteiger partial charge is 0.328 e. The summed E-state index contributed by atoms with van der Waals surface area (Å²) in [6, 6.07) is -0.631. The molecule has 0 bridgehead atoms. The molecule has 1 amide bonds. The number of methoxy groups -OCH3 is 1. The van der Waals surface area contributed by atoms with Gasteiger partial charge in [0.25, 0.3) is 0 Å². The van der Waals surface area contributed by atoms with Gasteiger partial charge in [-0.15, -0.1) is 0 Å². The van der Waals surface area contributed by atoms with Crippen molar-refractivity contribution in [3.05, 3.63) is 0 Å². The van der Waals surface area contributed by atoms with Gasteiger partial charge in [0.1, 0.15) is 6.04 Å². The van der Waals surface area contributed by atoms with E-state index in [0.29, 0.717) is 12.8 Å². The quantitative estimate of drug-likeness (QED) is 0.604. The standard InChI is InChI=1S/C9H16N2O3/c1-6(7(12)14-2)11-8(13)9(10)4-3-5-9/h6H,3-5,10H2,1-2H3,(H,11,13). The van der Waals surface area contributed by atoms with E-state index in [1.165, 1.54) is 7.11 Å². The molecular formula is C9H16N2O3. The first-order valence-corrected chi connectivity index (χ1v) is 4.67. The Morgan fingerprint density at radius 2 is 2.07 bits per heavy atom. The lowest BCUT2D eigenvalue weighted by Gasteiger charge is -2.36. The van der Waals surface area contributed by atoms with Crippen LogP contribution in [0.15, 0.2) is 0 Å². The average molecular weight is 200 g/mol. The Labute approximate surface area is 83.0 Å². The van der Waals surface area contributed by atoms with Gasteiger partial charge in [-0.1, -0.05) is 0 Å². The number of esters is 1. The summed E-state index contributed by atoms with van der Waals surface area (Å²) in [6.45, 7) is 1.58. The molecule has 14 heavy (non-hydrogen) atoms. The van der Waals surface area contributed by atoms with Crippen molar-refractivity contribution < 1.29 is 14.3 Å². The monoisotopic (exact) mass is 200 g/mol. The fraction of sp³-hybridized carbons (Fsp3) is 0.778. The van der Waals surface area contributed by atoms with E-state index in [4.69, 9.17) is 5.73 Å². The number of carbonyl (C=O) groups excluding carboxylic acids is 2. The first-order valence-electron chi connectivity index (χ1n) is 4.67. The normalized spacial score (nSPS) is 20.5. The molecule has 0 aliphatic heterocycles. The van der Waals surface area contributed by atoms with Crippen LogP contribution in [-0.2, 0) is 14.3 Å². The van der Waals surface area contributed by atoms with Crippen LogP contribution in [0, 0.1) is 0 Å². The van der Waals surface area contributed by atoms with E-state index in [1.54, 1.807) is 6.92 Å². The van der Waals surface area contributed by atoms with Gasteiger partial charge in [-0.2, -0.15) is 0 Å². The highest BCUT2D eigenvalue weighted by atomic mass is 16.5. The van der Waals surface area contributed by atoms with Crippen molar-refractivity contribution in [3.63, 3.8) is 0 Å². The molecule has 1 rings (SSSR count). The first kappa shape index (κ1) is 11.0. The number of nitrogens with two attached hydrogens (primary N) is 1. The maximum absolute atomic E-state index is 11.5. The molecule has 1 fully saturated rings. The molecule has 1 unspecified atom stereocenters. The SMILES string of the molecule is COC(=O)C(C)NC(=O)C1(N)CCC1. The topological polar surface area (TPSA) is 81.4 Å². The number of ether oxygens (including phenoxy) is 1. The van der Waals surface area contributed by atoms with Crippen LogP contribution >= 0.6 is 0 Å². The van der Waals surface area contributed by atoms with E-state index in [-0.39, 0.29) is 5.91 Å². The van der Waals surface area contributed by atoms with Crippen LogP contribution in [0.3, 0.4) is 0 Å². The number of rotatable bonds is 3. The van der Waals surface area contributed by atoms with Gasteiger partial charge in [-0.3, -0.25) is 4.79 Å². The predicted octanol–water partition coefficient (Wildman–Crippen LogP) is -0.454. The number of hydrogen-bond acceptors (Lipinski definition) is 4. The van der Waals surface area contributed by atoms with E-state index in [0.717, 1.165) is 6.42 Å². The summed E-state index contributed by atoms with van der Waals surface area (Å²) in [6.07, 6.45) is 2.34. The molecule has 0 aromatic carbocycles. The maximum Gasteiger partial charge on any atom is 0.328 e. The summed E-state index contributed by atoms with van der Waals surface area (Å²) in [5.41, 5.74) is 5.01. The molecule has 0 radical (unpaired) electrons. The van der Waals surface area contributed by atoms with E-state index in [9.17, 15) is 9.59 Å². The zero-order valence-electron chi connectivity index (χ0n) is 8.50. The van der Waals surface area contributed by atoms with Crippen LogP contribution in [0.2, 0.25) is 0 Å². The Morgan fingerprint density at radius 1 is 1.50 bits per heavy atom. The van der Waals surface area contributed by atoms with Gasteiger partial charge in [0.05, 0.1) is 12.6 Å². The second-order valence-electron chi connectivity index (χ2n) is 3.73. The molecule has 0 aromatic rings. The lowest BCUT2D eigenvalue weighted by atomic mass is 9.77. The molecule has 0 spiro atoms. The number of nitrogens with one attached hydrogen (secondary N) is 1. The van der Waals surface area contributed by atoms with Gasteiger partial charge in [-0.25, -0.2) is 4.79 Å². The lowest BCUT2D eigenvalue weighted by molar-refractivity contribution is -0.145. The fourth-order valence-electron chi connectivity index (χ4n) is 1.36. The van der Waals surface area contributed by atoms with E-state index in [1.807, 2.05) is 0 Å². The van der Waals surface area contributed by atoms with Gasteiger partial charge in [0.15, 0.2) is 0 Å². The maximum atomic E-state index is 11.5. The van der Waals surface area contributed by atoms with Crippen molar-refractivity contribution in [2.75, 3.05) is 7.11 Å². The van der Waals surface area contributed by atoms with E-state index in [2.05, 4.69) is 10.1 Å². The summed E-state index contributed by atoms with van der Waals surface area (Å²) in [4.78, 5) is 22.5. The molecule has 1 saturated carbocycles. The fourth-order valence-corrected chi connectivity index (χ4v) is 1.36. The third-order valence-electron chi connectivity index (χ3n) is 2.60. The molecule has 0 aromatic heterocycles. The molecule has 80 valence electrons. The Hall–Kier alpha value is -1.10. The summed E-state index contributed by atoms with van der Waals surface area (Å²) < 4.78 is 4.48. The van der Waals surface area contributed by atoms with Crippen LogP contribution in [0.25, 0.3) is 0 Å². The summed E-state index contributed by atoms with van der Waals surface area (Å²) in [7, 11) is 1.28. The molecule has 5 heteroatoms. The van der Waals surface area contributed by atoms with Gasteiger partial charge in [0, 0.05) is 0 Å². The van der Waals surface area contributed by atoms with Gasteiger partial charge < -0.3 is 15.8 Å². The van der Waals surface area contributed by atoms with Gasteiger partial charge >= 0.3 is 5.97 Å². The summed E-state index contributed by atoms with van der Waals surface area (Å²) in [5, 5.41) is 2.53. The highest BCUT2D eigenvalue weighted by Crippen LogP contribution is 2.29. The molecule has 1 atom stereocenters. The van der Waals surface area contributed by atoms with Crippen molar-refractivity contribution in [1.82, 2.24) is 5.32 Å². The molecule has 1 aliphatic rings. The molecule has 3 N–H and O–H groups in total. The average Bonchev–Trinajstić information content (AvgIpc) is 2.12. The molecule has 1 aliphatic carbocycles. The number of carbonyl (C=O) groups is 2. The highest BCUT2D eigenvalue weighted by Gasteiger charge is 2.40. The van der Waals surface area contributed by atoms with Crippen LogP contribution in [0.1, 0.15) is 26.2 Å². The van der Waals surface area contributed by atoms with Crippen LogP contribution in [-0.4, -0.2) is 30.6 Å². The lowest BCUT2D eigenvalue weighted by Crippen LogP contribution is -2.60. The summed E-state index contributed by atoms with van der Waals surface area (Å²) in [5.74, 6) is -0.720. The van der Waals surface area contributed by atoms with Crippen molar-refractivity contribution >= 4 is 11.9 Å². The first-order chi connectivity index (χ1) is 6.49. The third kappa shape index (κ3) is 2.04. The number of hydrogen-bond donors (Lipinski definition) is 2. The highest BCUT2D eigenvalue weighted by molar-refractivity contribution is 5.90. The zero-order valence-corrected chi connectivity index (χ0v) is 8.50. The molecule has 0 heterocycles. The van der Waals surface area contributed by atoms with Crippen molar-refractivity contribution in [3.8, 4) is 0 Å². The Bertz CT molecular complexity index is 248. The van der Waals surface area contributed by atoms with Crippen LogP contribution < -0.4 is 11.1 Å². The predicted molar refractivity (Wildman–Crippen MR) is 50.4 cm³/mol. The van der Waals surface area contributed by atoms with Crippen molar-refractivity contribution in [2.24, 2.45) is 5.73 Å². The van der Waals surface area contributed by atoms with E-state index < -0.39 is 17.6 Å². The minimum Gasteiger partial charge on any atom is -0.467 e. The Morgan fingerprint density at radius 3 is 2.43 bits per heavy atom. The van der Waals surface area contributed by atoms with Crippen LogP contribution in [0.4, 0.5) is 0 Å².